The molecule has 0 bridgehead atoms. The maximum atomic E-state index is 12.3. The highest BCUT2D eigenvalue weighted by Gasteiger charge is 2.21. The monoisotopic (exact) mass is 353 g/mol. The summed E-state index contributed by atoms with van der Waals surface area (Å²) in [5, 5.41) is 5.69. The molecule has 2 N–H and O–H groups in total. The van der Waals surface area contributed by atoms with Crippen LogP contribution in [0.5, 0.6) is 0 Å². The first-order valence-electron chi connectivity index (χ1n) is 8.56. The molecule has 0 unspecified atom stereocenters. The van der Waals surface area contributed by atoms with Crippen LogP contribution in [-0.2, 0) is 17.7 Å². The molecular formula is C20H23N3O3. The summed E-state index contributed by atoms with van der Waals surface area (Å²) in [4.78, 5) is 25.6. The molecule has 1 heterocycles. The van der Waals surface area contributed by atoms with Gasteiger partial charge in [-0.05, 0) is 66.8 Å². The van der Waals surface area contributed by atoms with Crippen molar-refractivity contribution < 1.29 is 14.3 Å². The number of fused-ring (bicyclic) bond motifs is 1. The third kappa shape index (κ3) is 3.96. The fraction of sp³-hybridized carbons (Fsp3) is 0.300. The van der Waals surface area contributed by atoms with Gasteiger partial charge < -0.3 is 20.3 Å². The standard InChI is InChI=1S/C20H23N3O3/c1-13-4-6-17(10-14(13)2)21-19(24)22-18-7-5-15-8-9-23(20(25)26-3)12-16(15)11-18/h4-7,10-11H,8-9,12H2,1-3H3,(H2,21,22,24). The van der Waals surface area contributed by atoms with Gasteiger partial charge in [0.1, 0.15) is 0 Å². The van der Waals surface area contributed by atoms with Gasteiger partial charge in [0, 0.05) is 24.5 Å². The Bertz CT molecular complexity index is 848. The van der Waals surface area contributed by atoms with Crippen molar-refractivity contribution in [2.24, 2.45) is 0 Å². The third-order valence-electron chi connectivity index (χ3n) is 4.67. The molecule has 1 aliphatic rings. The lowest BCUT2D eigenvalue weighted by Crippen LogP contribution is -2.35. The molecule has 6 heteroatoms. The van der Waals surface area contributed by atoms with Crippen molar-refractivity contribution in [3.8, 4) is 0 Å². The van der Waals surface area contributed by atoms with Crippen LogP contribution in [0.15, 0.2) is 36.4 Å². The second-order valence-corrected chi connectivity index (χ2v) is 6.50. The molecular weight excluding hydrogens is 330 g/mol. The van der Waals surface area contributed by atoms with E-state index < -0.39 is 0 Å². The normalized spacial score (nSPS) is 13.0. The number of aryl methyl sites for hydroxylation is 2. The SMILES string of the molecule is COC(=O)N1CCc2ccc(NC(=O)Nc3ccc(C)c(C)c3)cc2C1. The molecule has 6 nitrogen and oxygen atoms in total. The second-order valence-electron chi connectivity index (χ2n) is 6.50. The lowest BCUT2D eigenvalue weighted by Gasteiger charge is -2.28. The van der Waals surface area contributed by atoms with E-state index in [1.54, 1.807) is 4.90 Å². The van der Waals surface area contributed by atoms with Gasteiger partial charge in [0.05, 0.1) is 7.11 Å². The minimum absolute atomic E-state index is 0.297. The van der Waals surface area contributed by atoms with Gasteiger partial charge in [0.15, 0.2) is 0 Å². The summed E-state index contributed by atoms with van der Waals surface area (Å²) < 4.78 is 4.79. The average Bonchev–Trinajstić information content (AvgIpc) is 2.63. The number of nitrogens with zero attached hydrogens (tertiary/aromatic N) is 1. The number of ether oxygens (including phenoxy) is 1. The van der Waals surface area contributed by atoms with Gasteiger partial charge in [0.2, 0.25) is 0 Å². The predicted octanol–water partition coefficient (Wildman–Crippen LogP) is 4.07. The summed E-state index contributed by atoms with van der Waals surface area (Å²) >= 11 is 0. The van der Waals surface area contributed by atoms with E-state index in [-0.39, 0.29) is 12.1 Å². The first kappa shape index (κ1) is 17.8. The third-order valence-corrected chi connectivity index (χ3v) is 4.67. The highest BCUT2D eigenvalue weighted by atomic mass is 16.5. The zero-order valence-electron chi connectivity index (χ0n) is 15.3. The van der Waals surface area contributed by atoms with Crippen LogP contribution in [0.4, 0.5) is 21.0 Å². The molecule has 0 saturated heterocycles. The Morgan fingerprint density at radius 3 is 2.35 bits per heavy atom. The van der Waals surface area contributed by atoms with Gasteiger partial charge in [-0.2, -0.15) is 0 Å². The molecule has 3 rings (SSSR count). The van der Waals surface area contributed by atoms with Crippen LogP contribution in [0.25, 0.3) is 0 Å². The highest BCUT2D eigenvalue weighted by molar-refractivity contribution is 5.99. The molecule has 0 fully saturated rings. The molecule has 0 atom stereocenters. The summed E-state index contributed by atoms with van der Waals surface area (Å²) in [6.07, 6.45) is 0.445. The highest BCUT2D eigenvalue weighted by Crippen LogP contribution is 2.23. The number of hydrogen-bond acceptors (Lipinski definition) is 3. The fourth-order valence-corrected chi connectivity index (χ4v) is 3.03. The smallest absolute Gasteiger partial charge is 0.409 e. The lowest BCUT2D eigenvalue weighted by atomic mass is 9.99. The number of carbonyl (C=O) groups is 2. The quantitative estimate of drug-likeness (QED) is 0.855. The van der Waals surface area contributed by atoms with Crippen LogP contribution in [-0.4, -0.2) is 30.7 Å². The number of rotatable bonds is 2. The Balaban J connectivity index is 1.67. The van der Waals surface area contributed by atoms with Crippen LogP contribution in [0, 0.1) is 13.8 Å². The number of anilines is 2. The number of urea groups is 1. The number of hydrogen-bond donors (Lipinski definition) is 2. The van der Waals surface area contributed by atoms with Gasteiger partial charge in [0.25, 0.3) is 0 Å². The van der Waals surface area contributed by atoms with E-state index in [9.17, 15) is 9.59 Å². The number of nitrogens with one attached hydrogen (secondary N) is 2. The lowest BCUT2D eigenvalue weighted by molar-refractivity contribution is 0.118. The molecule has 0 spiro atoms. The molecule has 2 aromatic carbocycles. The molecule has 3 amide bonds. The Hall–Kier alpha value is -3.02. The van der Waals surface area contributed by atoms with E-state index in [0.29, 0.717) is 18.8 Å². The van der Waals surface area contributed by atoms with Crippen molar-refractivity contribution in [3.05, 3.63) is 58.7 Å². The largest absolute Gasteiger partial charge is 0.453 e. The first-order chi connectivity index (χ1) is 12.5. The van der Waals surface area contributed by atoms with Crippen LogP contribution in [0.1, 0.15) is 22.3 Å². The predicted molar refractivity (Wildman–Crippen MR) is 102 cm³/mol. The Labute approximate surface area is 153 Å². The molecule has 0 saturated carbocycles. The molecule has 0 aliphatic carbocycles. The molecule has 2 aromatic rings. The van der Waals surface area contributed by atoms with Crippen LogP contribution in [0.2, 0.25) is 0 Å². The maximum absolute atomic E-state index is 12.3. The number of benzene rings is 2. The summed E-state index contributed by atoms with van der Waals surface area (Å²) in [5.41, 5.74) is 5.95. The van der Waals surface area contributed by atoms with E-state index in [1.165, 1.54) is 18.2 Å². The summed E-state index contributed by atoms with van der Waals surface area (Å²) in [6, 6.07) is 11.3. The second kappa shape index (κ2) is 7.47. The van der Waals surface area contributed by atoms with Crippen molar-refractivity contribution in [1.29, 1.82) is 0 Å². The molecule has 0 radical (unpaired) electrons. The molecule has 1 aliphatic heterocycles. The maximum Gasteiger partial charge on any atom is 0.409 e. The minimum Gasteiger partial charge on any atom is -0.453 e. The number of methoxy groups -OCH3 is 1. The van der Waals surface area contributed by atoms with Crippen molar-refractivity contribution in [3.63, 3.8) is 0 Å². The van der Waals surface area contributed by atoms with Gasteiger partial charge in [-0.3, -0.25) is 0 Å². The van der Waals surface area contributed by atoms with E-state index in [2.05, 4.69) is 10.6 Å². The van der Waals surface area contributed by atoms with Crippen molar-refractivity contribution in [2.75, 3.05) is 24.3 Å². The Morgan fingerprint density at radius 2 is 1.65 bits per heavy atom. The zero-order valence-corrected chi connectivity index (χ0v) is 15.3. The van der Waals surface area contributed by atoms with Crippen molar-refractivity contribution >= 4 is 23.5 Å². The zero-order chi connectivity index (χ0) is 18.7. The fourth-order valence-electron chi connectivity index (χ4n) is 3.03. The molecule has 26 heavy (non-hydrogen) atoms. The Morgan fingerprint density at radius 1 is 0.962 bits per heavy atom. The number of carbonyl (C=O) groups excluding carboxylic acids is 2. The first-order valence-corrected chi connectivity index (χ1v) is 8.56. The van der Waals surface area contributed by atoms with Crippen molar-refractivity contribution in [2.45, 2.75) is 26.8 Å². The van der Waals surface area contributed by atoms with Gasteiger partial charge in [-0.25, -0.2) is 9.59 Å². The summed E-state index contributed by atoms with van der Waals surface area (Å²) in [7, 11) is 1.38. The topological polar surface area (TPSA) is 70.7 Å². The Kier molecular flexibility index (Phi) is 5.11. The molecule has 136 valence electrons. The van der Waals surface area contributed by atoms with Gasteiger partial charge >= 0.3 is 12.1 Å². The van der Waals surface area contributed by atoms with Crippen LogP contribution < -0.4 is 10.6 Å². The van der Waals surface area contributed by atoms with E-state index in [4.69, 9.17) is 4.74 Å². The average molecular weight is 353 g/mol. The molecule has 0 aromatic heterocycles. The van der Waals surface area contributed by atoms with Gasteiger partial charge in [-0.15, -0.1) is 0 Å². The number of amides is 3. The van der Waals surface area contributed by atoms with E-state index in [0.717, 1.165) is 23.2 Å². The van der Waals surface area contributed by atoms with Crippen molar-refractivity contribution in [1.82, 2.24) is 4.90 Å². The summed E-state index contributed by atoms with van der Waals surface area (Å²) in [5.74, 6) is 0. The van der Waals surface area contributed by atoms with Crippen LogP contribution >= 0.6 is 0 Å². The minimum atomic E-state index is -0.332. The van der Waals surface area contributed by atoms with Crippen LogP contribution in [0.3, 0.4) is 0 Å². The summed E-state index contributed by atoms with van der Waals surface area (Å²) in [6.45, 7) is 5.16. The van der Waals surface area contributed by atoms with E-state index in [1.807, 2.05) is 50.2 Å². The van der Waals surface area contributed by atoms with E-state index >= 15 is 0 Å². The van der Waals surface area contributed by atoms with Gasteiger partial charge in [-0.1, -0.05) is 12.1 Å².